The van der Waals surface area contributed by atoms with Crippen LogP contribution in [0.25, 0.3) is 43.1 Å². The van der Waals surface area contributed by atoms with Crippen LogP contribution in [0.1, 0.15) is 324 Å². The van der Waals surface area contributed by atoms with Crippen molar-refractivity contribution in [2.75, 3.05) is 0 Å². The molecule has 8 aliphatic rings. The van der Waals surface area contributed by atoms with Crippen molar-refractivity contribution < 1.29 is 81.4 Å². The number of amides is 14. The number of hydrogen-bond acceptors (Lipinski definition) is 18. The van der Waals surface area contributed by atoms with Gasteiger partial charge >= 0.3 is 11.9 Å². The molecule has 4 unspecified atom stereocenters. The van der Waals surface area contributed by atoms with E-state index in [1.54, 1.807) is 24.3 Å². The molecule has 8 aromatic rings. The highest BCUT2D eigenvalue weighted by Crippen LogP contribution is 2.45. The summed E-state index contributed by atoms with van der Waals surface area (Å²) in [5.41, 5.74) is 2.70. The Hall–Kier alpha value is -12.1. The minimum absolute atomic E-state index is 0.0590. The van der Waals surface area contributed by atoms with E-state index in [1.165, 1.54) is 92.4 Å². The van der Waals surface area contributed by atoms with Crippen molar-refractivity contribution in [2.45, 2.75) is 182 Å². The second-order valence-corrected chi connectivity index (χ2v) is 29.1. The molecule has 0 radical (unpaired) electrons. The molecule has 0 fully saturated rings. The Morgan fingerprint density at radius 2 is 0.394 bits per heavy atom. The molecule has 8 heterocycles. The lowest BCUT2D eigenvalue weighted by molar-refractivity contribution is 0.00211. The summed E-state index contributed by atoms with van der Waals surface area (Å²) >= 11 is 0. The van der Waals surface area contributed by atoms with E-state index >= 15 is 0 Å². The number of imide groups is 7. The lowest BCUT2D eigenvalue weighted by Crippen LogP contribution is -2.58. The smallest absolute Gasteiger partial charge is 0.346 e. The van der Waals surface area contributed by atoms with Gasteiger partial charge in [-0.3, -0.25) is 86.7 Å². The molecule has 8 aliphatic heterocycles. The topological polar surface area (TPSA) is 331 Å². The Morgan fingerprint density at radius 3 is 0.578 bits per heavy atom. The average molecular weight is 1470 g/mol. The number of hydrazine groups is 2. The minimum atomic E-state index is -0.986. The van der Waals surface area contributed by atoms with Gasteiger partial charge in [0.2, 0.25) is 0 Å². The SMILES string of the molecule is CCCCCC(C)N1C(=O)c2ccc3c4c(ccc(c24)C1=O)C(=O)N(N)C3=O.CCCCCC(C)N1C(=O)c2ccc3c4c(ccc(c24)C1=O)C(=O)N(N1C(=O)c2ccc4c5c(ccc(c25)C1=O)C(=O)N(C(C)CCCCC)C4=O)C3=O.CCCCCC(C)N1C(=O)c2ccc3c4c(ccc(c24)C1=O)C(=O)OC3=O. The fourth-order valence-electron chi connectivity index (χ4n) is 16.7. The first-order valence-corrected chi connectivity index (χ1v) is 37.4. The zero-order chi connectivity index (χ0) is 77.8. The van der Waals surface area contributed by atoms with Gasteiger partial charge in [-0.05, 0) is 150 Å². The fourth-order valence-corrected chi connectivity index (χ4v) is 16.7. The minimum Gasteiger partial charge on any atom is -0.386 e. The van der Waals surface area contributed by atoms with Gasteiger partial charge in [0.05, 0.1) is 44.5 Å². The number of rotatable bonds is 21. The molecule has 4 atom stereocenters. The molecule has 14 amide bonds. The summed E-state index contributed by atoms with van der Waals surface area (Å²) in [6.45, 7) is 15.7. The number of nitrogens with zero attached hydrogens (tertiary/aromatic N) is 7. The highest BCUT2D eigenvalue weighted by Gasteiger charge is 2.50. The molecule has 2 N–H and O–H groups in total. The molecule has 16 rings (SSSR count). The molecule has 0 saturated carbocycles. The van der Waals surface area contributed by atoms with Gasteiger partial charge < -0.3 is 4.74 Å². The molecule has 109 heavy (non-hydrogen) atoms. The second kappa shape index (κ2) is 28.5. The van der Waals surface area contributed by atoms with Gasteiger partial charge in [-0.25, -0.2) is 20.4 Å². The number of carbonyl (C=O) groups is 16. The summed E-state index contributed by atoms with van der Waals surface area (Å²) in [5.74, 6) is -4.77. The molecule has 0 aliphatic carbocycles. The van der Waals surface area contributed by atoms with E-state index in [0.29, 0.717) is 71.7 Å². The number of unbranched alkanes of at least 4 members (excludes halogenated alkanes) is 8. The van der Waals surface area contributed by atoms with Gasteiger partial charge in [-0.2, -0.15) is 10.0 Å². The molecule has 25 nitrogen and oxygen atoms in total. The largest absolute Gasteiger partial charge is 0.386 e. The van der Waals surface area contributed by atoms with Gasteiger partial charge in [0, 0.05) is 112 Å². The molecule has 0 spiro atoms. The summed E-state index contributed by atoms with van der Waals surface area (Å²) in [4.78, 5) is 219. The average Bonchev–Trinajstić information content (AvgIpc) is 0.703. The predicted octanol–water partition coefficient (Wildman–Crippen LogP) is 13.5. The highest BCUT2D eigenvalue weighted by atomic mass is 16.6. The van der Waals surface area contributed by atoms with Gasteiger partial charge in [-0.1, -0.05) is 105 Å². The Balaban J connectivity index is 0.000000151. The van der Waals surface area contributed by atoms with Gasteiger partial charge in [-0.15, -0.1) is 0 Å². The van der Waals surface area contributed by atoms with E-state index in [4.69, 9.17) is 10.6 Å². The van der Waals surface area contributed by atoms with Crippen LogP contribution >= 0.6 is 0 Å². The zero-order valence-electron chi connectivity index (χ0n) is 61.5. The normalized spacial score (nSPS) is 17.2. The van der Waals surface area contributed by atoms with Crippen LogP contribution in [-0.4, -0.2) is 153 Å². The van der Waals surface area contributed by atoms with Gasteiger partial charge in [0.25, 0.3) is 82.7 Å². The molecule has 0 bridgehead atoms. The summed E-state index contributed by atoms with van der Waals surface area (Å²) in [6.07, 6.45) is 14.4. The van der Waals surface area contributed by atoms with Gasteiger partial charge in [0.15, 0.2) is 0 Å². The number of benzene rings is 8. The molecular formula is C84H78N8O17. The van der Waals surface area contributed by atoms with Crippen molar-refractivity contribution in [3.05, 3.63) is 186 Å². The maximum atomic E-state index is 14.3. The third-order valence-corrected chi connectivity index (χ3v) is 22.3. The van der Waals surface area contributed by atoms with Crippen LogP contribution in [0.15, 0.2) is 97.1 Å². The Bertz CT molecular complexity index is 5090. The summed E-state index contributed by atoms with van der Waals surface area (Å²) in [7, 11) is 0. The number of cyclic esters (lactones) is 2. The Kier molecular flexibility index (Phi) is 19.3. The lowest BCUT2D eigenvalue weighted by Gasteiger charge is -2.39. The van der Waals surface area contributed by atoms with Crippen LogP contribution in [-0.2, 0) is 4.74 Å². The second-order valence-electron chi connectivity index (χ2n) is 29.1. The first kappa shape index (κ1) is 73.8. The summed E-state index contributed by atoms with van der Waals surface area (Å²) in [5, 5.41) is 3.57. The fraction of sp³-hybridized carbons (Fsp3) is 0.333. The van der Waals surface area contributed by atoms with Gasteiger partial charge in [0.1, 0.15) is 0 Å². The van der Waals surface area contributed by atoms with E-state index < -0.39 is 71.0 Å². The quantitative estimate of drug-likeness (QED) is 0.0174. The van der Waals surface area contributed by atoms with Crippen molar-refractivity contribution >= 4 is 138 Å². The number of hydrogen-bond donors (Lipinski definition) is 1. The van der Waals surface area contributed by atoms with Crippen LogP contribution in [0.2, 0.25) is 0 Å². The molecule has 0 saturated heterocycles. The van der Waals surface area contributed by atoms with Crippen molar-refractivity contribution in [1.82, 2.24) is 34.6 Å². The maximum Gasteiger partial charge on any atom is 0.346 e. The molecule has 556 valence electrons. The van der Waals surface area contributed by atoms with E-state index in [-0.39, 0.29) is 136 Å². The van der Waals surface area contributed by atoms with E-state index in [9.17, 15) is 76.7 Å². The van der Waals surface area contributed by atoms with Crippen LogP contribution in [0.3, 0.4) is 0 Å². The van der Waals surface area contributed by atoms with Crippen molar-refractivity contribution in [3.63, 3.8) is 0 Å². The number of nitrogens with two attached hydrogens (primary N) is 1. The summed E-state index contributed by atoms with van der Waals surface area (Å²) < 4.78 is 4.74. The third kappa shape index (κ3) is 11.4. The summed E-state index contributed by atoms with van der Waals surface area (Å²) in [6, 6.07) is 22.3. The van der Waals surface area contributed by atoms with Crippen molar-refractivity contribution in [2.24, 2.45) is 5.84 Å². The molecular weight excluding hydrogens is 1390 g/mol. The van der Waals surface area contributed by atoms with Crippen LogP contribution in [0.5, 0.6) is 0 Å². The maximum absolute atomic E-state index is 14.3. The molecule has 25 heteroatoms. The highest BCUT2D eigenvalue weighted by molar-refractivity contribution is 6.39. The van der Waals surface area contributed by atoms with E-state index in [1.807, 2.05) is 27.7 Å². The van der Waals surface area contributed by atoms with Crippen LogP contribution in [0.4, 0.5) is 0 Å². The van der Waals surface area contributed by atoms with Crippen LogP contribution in [0, 0.1) is 0 Å². The Morgan fingerprint density at radius 1 is 0.239 bits per heavy atom. The van der Waals surface area contributed by atoms with Crippen LogP contribution < -0.4 is 5.84 Å². The molecule has 8 aromatic carbocycles. The first-order chi connectivity index (χ1) is 52.3. The standard InChI is InChI=1S/C42H38N4O8.C21H21N3O4.C21H19NO5/c1-5-7-9-11-21(3)43-35(47)23-13-17-27-33-28(18-14-24(31(23)33)36(43)48)40(52)45(39(27)51)46-41(53)29-19-15-25-32-26(16-20-30(34(29)32)42(46)54)38(50)44(37(25)49)22(4)12-10-8-6-2;1-3-4-5-6-11(2)23-18(25)12-7-9-14-17-15(21(28)24(22)20(14)27)10-8-13(16(12)17)19(23)26;1-3-4-5-6-11(2)22-18(23)12-7-9-14-17-15(21(26)27-20(14)25)10-8-13(16(12)17)19(22)24/h13-22H,5-12H2,1-4H3;7-11H,3-6,22H2,1-2H3;7-11H,3-6H2,1-2H3. The monoisotopic (exact) mass is 1470 g/mol. The van der Waals surface area contributed by atoms with E-state index in [2.05, 4.69) is 27.7 Å². The van der Waals surface area contributed by atoms with E-state index in [0.717, 1.165) is 89.9 Å². The molecule has 0 aromatic heterocycles. The predicted molar refractivity (Wildman–Crippen MR) is 398 cm³/mol. The Labute approximate surface area is 625 Å². The number of ether oxygens (including phenoxy) is 1. The zero-order valence-corrected chi connectivity index (χ0v) is 61.5. The van der Waals surface area contributed by atoms with Crippen molar-refractivity contribution in [1.29, 1.82) is 0 Å². The first-order valence-electron chi connectivity index (χ1n) is 37.4. The van der Waals surface area contributed by atoms with Crippen molar-refractivity contribution in [3.8, 4) is 0 Å². The lowest BCUT2D eigenvalue weighted by atomic mass is 9.85. The number of carbonyl (C=O) groups excluding carboxylic acids is 16. The third-order valence-electron chi connectivity index (χ3n) is 22.3. The number of esters is 2.